The molecule has 15 heavy (non-hydrogen) atoms. The van der Waals surface area contributed by atoms with Gasteiger partial charge in [0.2, 0.25) is 11.8 Å². The van der Waals surface area contributed by atoms with Gasteiger partial charge in [0, 0.05) is 12.6 Å². The van der Waals surface area contributed by atoms with Gasteiger partial charge >= 0.3 is 0 Å². The van der Waals surface area contributed by atoms with Crippen LogP contribution in [-0.4, -0.2) is 50.3 Å². The second-order valence-electron chi connectivity index (χ2n) is 3.36. The van der Waals surface area contributed by atoms with Crippen LogP contribution in [-0.2, 0) is 0 Å². The zero-order valence-electron chi connectivity index (χ0n) is 8.77. The monoisotopic (exact) mass is 213 g/mol. The van der Waals surface area contributed by atoms with Crippen LogP contribution in [0.1, 0.15) is 24.5 Å². The Bertz CT molecular complexity index is 336. The number of nitrogen functional groups attached to an aromatic ring is 1. The van der Waals surface area contributed by atoms with Gasteiger partial charge in [0.05, 0.1) is 6.61 Å². The number of H-pyrrole nitrogens is 1. The molecule has 0 spiro atoms. The van der Waals surface area contributed by atoms with Gasteiger partial charge < -0.3 is 15.7 Å². The van der Waals surface area contributed by atoms with Gasteiger partial charge in [-0.3, -0.25) is 9.89 Å². The van der Waals surface area contributed by atoms with E-state index >= 15 is 0 Å². The van der Waals surface area contributed by atoms with Gasteiger partial charge in [-0.05, 0) is 13.8 Å². The Morgan fingerprint density at radius 2 is 2.33 bits per heavy atom. The molecular weight excluding hydrogens is 198 g/mol. The van der Waals surface area contributed by atoms with E-state index < -0.39 is 0 Å². The van der Waals surface area contributed by atoms with Crippen molar-refractivity contribution in [1.82, 2.24) is 20.1 Å². The molecule has 7 nitrogen and oxygen atoms in total. The van der Waals surface area contributed by atoms with Crippen molar-refractivity contribution in [1.29, 1.82) is 0 Å². The summed E-state index contributed by atoms with van der Waals surface area (Å²) in [6.45, 7) is 3.88. The maximum atomic E-state index is 11.8. The highest BCUT2D eigenvalue weighted by Crippen LogP contribution is 2.04. The van der Waals surface area contributed by atoms with Gasteiger partial charge in [0.15, 0.2) is 0 Å². The van der Waals surface area contributed by atoms with Gasteiger partial charge in [-0.1, -0.05) is 0 Å². The zero-order valence-corrected chi connectivity index (χ0v) is 8.77. The van der Waals surface area contributed by atoms with Crippen LogP contribution < -0.4 is 5.73 Å². The van der Waals surface area contributed by atoms with Crippen molar-refractivity contribution in [3.05, 3.63) is 5.82 Å². The summed E-state index contributed by atoms with van der Waals surface area (Å²) in [5.74, 6) is -0.191. The molecule has 84 valence electrons. The van der Waals surface area contributed by atoms with E-state index in [-0.39, 0.29) is 36.9 Å². The molecule has 7 heteroatoms. The van der Waals surface area contributed by atoms with Gasteiger partial charge in [0.1, 0.15) is 0 Å². The maximum absolute atomic E-state index is 11.8. The number of hydrogen-bond acceptors (Lipinski definition) is 5. The molecule has 0 bridgehead atoms. The van der Waals surface area contributed by atoms with Crippen LogP contribution in [0.2, 0.25) is 0 Å². The lowest BCUT2D eigenvalue weighted by Gasteiger charge is -2.24. The fraction of sp³-hybridized carbons (Fsp3) is 0.625. The van der Waals surface area contributed by atoms with Crippen LogP contribution >= 0.6 is 0 Å². The molecule has 0 aromatic carbocycles. The van der Waals surface area contributed by atoms with E-state index in [0.29, 0.717) is 0 Å². The molecule has 0 radical (unpaired) electrons. The molecule has 0 atom stereocenters. The van der Waals surface area contributed by atoms with E-state index in [1.807, 2.05) is 13.8 Å². The number of hydrogen-bond donors (Lipinski definition) is 3. The highest BCUT2D eigenvalue weighted by molar-refractivity contribution is 5.90. The fourth-order valence-corrected chi connectivity index (χ4v) is 1.21. The van der Waals surface area contributed by atoms with Crippen LogP contribution in [0.3, 0.4) is 0 Å². The quantitative estimate of drug-likeness (QED) is 0.608. The molecule has 0 unspecified atom stereocenters. The molecular formula is C8H15N5O2. The highest BCUT2D eigenvalue weighted by Gasteiger charge is 2.21. The summed E-state index contributed by atoms with van der Waals surface area (Å²) in [5.41, 5.74) is 5.29. The minimum absolute atomic E-state index is 0.0176. The van der Waals surface area contributed by atoms with Gasteiger partial charge in [-0.25, -0.2) is 0 Å². The number of amides is 1. The maximum Gasteiger partial charge on any atom is 0.291 e. The van der Waals surface area contributed by atoms with E-state index in [2.05, 4.69) is 15.2 Å². The molecule has 0 saturated heterocycles. The van der Waals surface area contributed by atoms with Crippen LogP contribution in [0.5, 0.6) is 0 Å². The van der Waals surface area contributed by atoms with Crippen molar-refractivity contribution < 1.29 is 9.90 Å². The first kappa shape index (κ1) is 11.4. The van der Waals surface area contributed by atoms with Crippen molar-refractivity contribution >= 4 is 11.9 Å². The van der Waals surface area contributed by atoms with Crippen LogP contribution in [0.15, 0.2) is 0 Å². The summed E-state index contributed by atoms with van der Waals surface area (Å²) in [4.78, 5) is 17.0. The number of nitrogens with one attached hydrogen (secondary N) is 1. The highest BCUT2D eigenvalue weighted by atomic mass is 16.3. The number of anilines is 1. The fourth-order valence-electron chi connectivity index (χ4n) is 1.21. The Labute approximate surface area is 87.3 Å². The van der Waals surface area contributed by atoms with Crippen molar-refractivity contribution in [2.75, 3.05) is 18.9 Å². The summed E-state index contributed by atoms with van der Waals surface area (Å²) in [6.07, 6.45) is 0. The minimum atomic E-state index is -0.316. The summed E-state index contributed by atoms with van der Waals surface area (Å²) in [7, 11) is 0. The van der Waals surface area contributed by atoms with E-state index in [4.69, 9.17) is 10.8 Å². The average Bonchev–Trinajstić information content (AvgIpc) is 2.59. The second-order valence-corrected chi connectivity index (χ2v) is 3.36. The van der Waals surface area contributed by atoms with Crippen molar-refractivity contribution in [3.8, 4) is 0 Å². The smallest absolute Gasteiger partial charge is 0.291 e. The molecule has 1 rings (SSSR count). The summed E-state index contributed by atoms with van der Waals surface area (Å²) in [6, 6.07) is -0.0176. The topological polar surface area (TPSA) is 108 Å². The summed E-state index contributed by atoms with van der Waals surface area (Å²) < 4.78 is 0. The summed E-state index contributed by atoms with van der Waals surface area (Å²) in [5, 5.41) is 14.8. The lowest BCUT2D eigenvalue weighted by atomic mass is 10.3. The molecule has 1 aromatic rings. The van der Waals surface area contributed by atoms with Gasteiger partial charge in [0.25, 0.3) is 5.91 Å². The average molecular weight is 213 g/mol. The largest absolute Gasteiger partial charge is 0.395 e. The Balaban J connectivity index is 2.80. The second kappa shape index (κ2) is 4.74. The number of nitrogens with zero attached hydrogens (tertiary/aromatic N) is 3. The van der Waals surface area contributed by atoms with E-state index in [0.717, 1.165) is 0 Å². The third-order valence-corrected chi connectivity index (χ3v) is 1.93. The first-order chi connectivity index (χ1) is 7.06. The number of carbonyl (C=O) groups excluding carboxylic acids is 1. The molecule has 1 aromatic heterocycles. The lowest BCUT2D eigenvalue weighted by molar-refractivity contribution is 0.0653. The zero-order chi connectivity index (χ0) is 11.4. The Morgan fingerprint density at radius 1 is 1.67 bits per heavy atom. The van der Waals surface area contributed by atoms with Gasteiger partial charge in [-0.2, -0.15) is 4.98 Å². The van der Waals surface area contributed by atoms with Crippen molar-refractivity contribution in [2.24, 2.45) is 0 Å². The molecule has 1 heterocycles. The lowest BCUT2D eigenvalue weighted by Crippen LogP contribution is -2.39. The molecule has 0 fully saturated rings. The molecule has 0 aliphatic carbocycles. The number of rotatable bonds is 4. The number of aromatic nitrogens is 3. The predicted octanol–water partition coefficient (Wildman–Crippen LogP) is -0.770. The Kier molecular flexibility index (Phi) is 3.62. The minimum Gasteiger partial charge on any atom is -0.395 e. The predicted molar refractivity (Wildman–Crippen MR) is 54.1 cm³/mol. The number of nitrogens with two attached hydrogens (primary N) is 1. The van der Waals surface area contributed by atoms with Gasteiger partial charge in [-0.15, -0.1) is 5.10 Å². The molecule has 0 aliphatic rings. The molecule has 0 saturated carbocycles. The summed E-state index contributed by atoms with van der Waals surface area (Å²) >= 11 is 0. The Hall–Kier alpha value is -1.63. The normalized spacial score (nSPS) is 10.7. The van der Waals surface area contributed by atoms with Crippen LogP contribution in [0, 0.1) is 0 Å². The first-order valence-electron chi connectivity index (χ1n) is 4.66. The van der Waals surface area contributed by atoms with Crippen LogP contribution in [0.25, 0.3) is 0 Å². The number of carbonyl (C=O) groups is 1. The number of aliphatic hydroxyl groups is 1. The third-order valence-electron chi connectivity index (χ3n) is 1.93. The SMILES string of the molecule is CC(C)N(CCO)C(=O)c1nc(N)n[nH]1. The van der Waals surface area contributed by atoms with E-state index in [1.54, 1.807) is 0 Å². The third kappa shape index (κ3) is 2.66. The molecule has 0 aliphatic heterocycles. The number of aliphatic hydroxyl groups excluding tert-OH is 1. The van der Waals surface area contributed by atoms with E-state index in [9.17, 15) is 4.79 Å². The Morgan fingerprint density at radius 3 is 2.73 bits per heavy atom. The number of aromatic amines is 1. The van der Waals surface area contributed by atoms with Crippen LogP contribution in [0.4, 0.5) is 5.95 Å². The van der Waals surface area contributed by atoms with E-state index in [1.165, 1.54) is 4.90 Å². The van der Waals surface area contributed by atoms with Crippen molar-refractivity contribution in [2.45, 2.75) is 19.9 Å². The molecule has 1 amide bonds. The first-order valence-corrected chi connectivity index (χ1v) is 4.66. The standard InChI is InChI=1S/C8H15N5O2/c1-5(2)13(3-4-14)7(15)6-10-8(9)12-11-6/h5,14H,3-4H2,1-2H3,(H3,9,10,11,12). The molecule has 4 N–H and O–H groups in total. The van der Waals surface area contributed by atoms with Crippen molar-refractivity contribution in [3.63, 3.8) is 0 Å².